The summed E-state index contributed by atoms with van der Waals surface area (Å²) in [5.41, 5.74) is 2.24. The van der Waals surface area contributed by atoms with Crippen LogP contribution < -0.4 is 0 Å². The predicted molar refractivity (Wildman–Crippen MR) is 93.3 cm³/mol. The lowest BCUT2D eigenvalue weighted by Crippen LogP contribution is -2.48. The summed E-state index contributed by atoms with van der Waals surface area (Å²) in [6.07, 6.45) is 3.69. The monoisotopic (exact) mass is 337 g/mol. The molecular weight excluding hydrogens is 310 g/mol. The van der Waals surface area contributed by atoms with Crippen LogP contribution in [0.5, 0.6) is 0 Å². The Morgan fingerprint density at radius 3 is 2.52 bits per heavy atom. The van der Waals surface area contributed by atoms with Gasteiger partial charge in [0.2, 0.25) is 5.91 Å². The molecule has 23 heavy (non-hydrogen) atoms. The molecule has 0 aromatic heterocycles. The highest BCUT2D eigenvalue weighted by Crippen LogP contribution is 2.36. The molecule has 0 radical (unpaired) electrons. The third kappa shape index (κ3) is 4.80. The number of nitrogens with zero attached hydrogens (tertiary/aromatic N) is 1. The van der Waals surface area contributed by atoms with Gasteiger partial charge in [0.1, 0.15) is 9.84 Å². The molecule has 0 unspecified atom stereocenters. The maximum absolute atomic E-state index is 12.8. The van der Waals surface area contributed by atoms with Crippen molar-refractivity contribution in [2.24, 2.45) is 0 Å². The van der Waals surface area contributed by atoms with Crippen molar-refractivity contribution < 1.29 is 13.2 Å². The average molecular weight is 337 g/mol. The number of hydrogen-bond acceptors (Lipinski definition) is 3. The van der Waals surface area contributed by atoms with Crippen LogP contribution in [0.25, 0.3) is 0 Å². The van der Waals surface area contributed by atoms with E-state index in [1.54, 1.807) is 4.90 Å². The van der Waals surface area contributed by atoms with Crippen LogP contribution in [0.15, 0.2) is 24.3 Å². The number of carbonyl (C=O) groups excluding carboxylic acids is 1. The first kappa shape index (κ1) is 18.0. The zero-order chi connectivity index (χ0) is 17.3. The molecule has 1 aliphatic rings. The molecule has 128 valence electrons. The molecule has 0 aliphatic heterocycles. The smallest absolute Gasteiger partial charge is 0.223 e. The molecule has 2 rings (SSSR count). The van der Waals surface area contributed by atoms with E-state index >= 15 is 0 Å². The molecule has 1 atom stereocenters. The molecule has 0 fully saturated rings. The van der Waals surface area contributed by atoms with Crippen LogP contribution in [0.4, 0.5) is 0 Å². The molecule has 0 saturated carbocycles. The summed E-state index contributed by atoms with van der Waals surface area (Å²) >= 11 is 0. The fraction of sp³-hybridized carbons (Fsp3) is 0.611. The SMILES string of the molecule is CC(C)(C)N(CCS(C)(=O)=O)C(=O)C[C@@H]1CCc2ccccc21. The first-order valence-electron chi connectivity index (χ1n) is 8.14. The van der Waals surface area contributed by atoms with E-state index in [0.29, 0.717) is 6.42 Å². The second-order valence-electron chi connectivity index (χ2n) is 7.48. The van der Waals surface area contributed by atoms with Crippen molar-refractivity contribution in [2.45, 2.75) is 51.5 Å². The minimum atomic E-state index is -3.08. The topological polar surface area (TPSA) is 54.5 Å². The summed E-state index contributed by atoms with van der Waals surface area (Å²) in [5, 5.41) is 0. The number of rotatable bonds is 5. The Balaban J connectivity index is 2.10. The predicted octanol–water partition coefficient (Wildman–Crippen LogP) is 2.78. The van der Waals surface area contributed by atoms with Crippen LogP contribution in [0.3, 0.4) is 0 Å². The van der Waals surface area contributed by atoms with Gasteiger partial charge in [-0.05, 0) is 50.7 Å². The van der Waals surface area contributed by atoms with E-state index in [-0.39, 0.29) is 29.7 Å². The van der Waals surface area contributed by atoms with E-state index in [9.17, 15) is 13.2 Å². The van der Waals surface area contributed by atoms with Gasteiger partial charge in [-0.25, -0.2) is 8.42 Å². The lowest BCUT2D eigenvalue weighted by atomic mass is 9.95. The van der Waals surface area contributed by atoms with Crippen molar-refractivity contribution in [3.05, 3.63) is 35.4 Å². The van der Waals surface area contributed by atoms with Crippen LogP contribution in [-0.4, -0.2) is 43.3 Å². The van der Waals surface area contributed by atoms with Crippen LogP contribution >= 0.6 is 0 Å². The number of aryl methyl sites for hydroxylation is 1. The van der Waals surface area contributed by atoms with Gasteiger partial charge < -0.3 is 4.90 Å². The lowest BCUT2D eigenvalue weighted by Gasteiger charge is -2.36. The fourth-order valence-electron chi connectivity index (χ4n) is 3.27. The van der Waals surface area contributed by atoms with E-state index in [1.165, 1.54) is 17.4 Å². The molecule has 5 heteroatoms. The van der Waals surface area contributed by atoms with E-state index in [1.807, 2.05) is 32.9 Å². The highest BCUT2D eigenvalue weighted by Gasteiger charge is 2.31. The van der Waals surface area contributed by atoms with Crippen LogP contribution in [0.1, 0.15) is 50.7 Å². The van der Waals surface area contributed by atoms with Crippen LogP contribution in [-0.2, 0) is 21.1 Å². The van der Waals surface area contributed by atoms with E-state index in [2.05, 4.69) is 12.1 Å². The molecule has 0 bridgehead atoms. The Bertz CT molecular complexity index is 674. The molecule has 0 spiro atoms. The summed E-state index contributed by atoms with van der Waals surface area (Å²) in [6, 6.07) is 8.30. The molecule has 0 heterocycles. The molecule has 1 aromatic carbocycles. The van der Waals surface area contributed by atoms with Crippen molar-refractivity contribution in [3.8, 4) is 0 Å². The Morgan fingerprint density at radius 2 is 1.91 bits per heavy atom. The van der Waals surface area contributed by atoms with E-state index in [4.69, 9.17) is 0 Å². The molecular formula is C18H27NO3S. The van der Waals surface area contributed by atoms with Crippen molar-refractivity contribution in [2.75, 3.05) is 18.6 Å². The van der Waals surface area contributed by atoms with Crippen molar-refractivity contribution in [1.29, 1.82) is 0 Å². The number of amides is 1. The summed E-state index contributed by atoms with van der Waals surface area (Å²) in [7, 11) is -3.08. The molecule has 4 nitrogen and oxygen atoms in total. The first-order chi connectivity index (χ1) is 10.6. The number of sulfone groups is 1. The number of benzene rings is 1. The maximum Gasteiger partial charge on any atom is 0.223 e. The largest absolute Gasteiger partial charge is 0.337 e. The quantitative estimate of drug-likeness (QED) is 0.830. The number of carbonyl (C=O) groups is 1. The Morgan fingerprint density at radius 1 is 1.26 bits per heavy atom. The average Bonchev–Trinajstić information content (AvgIpc) is 2.79. The second-order valence-corrected chi connectivity index (χ2v) is 9.74. The zero-order valence-electron chi connectivity index (χ0n) is 14.5. The van der Waals surface area contributed by atoms with E-state index in [0.717, 1.165) is 12.8 Å². The van der Waals surface area contributed by atoms with Gasteiger partial charge in [-0.2, -0.15) is 0 Å². The van der Waals surface area contributed by atoms with Crippen LogP contribution in [0, 0.1) is 0 Å². The lowest BCUT2D eigenvalue weighted by molar-refractivity contribution is -0.136. The molecule has 1 aromatic rings. The number of fused-ring (bicyclic) bond motifs is 1. The normalized spacial score (nSPS) is 17.8. The van der Waals surface area contributed by atoms with Gasteiger partial charge in [0, 0.05) is 24.8 Å². The summed E-state index contributed by atoms with van der Waals surface area (Å²) < 4.78 is 22.9. The van der Waals surface area contributed by atoms with Crippen molar-refractivity contribution in [3.63, 3.8) is 0 Å². The van der Waals surface area contributed by atoms with Crippen molar-refractivity contribution >= 4 is 15.7 Å². The second kappa shape index (κ2) is 6.63. The minimum Gasteiger partial charge on any atom is -0.337 e. The first-order valence-corrected chi connectivity index (χ1v) is 10.2. The van der Waals surface area contributed by atoms with Crippen molar-refractivity contribution in [1.82, 2.24) is 4.90 Å². The van der Waals surface area contributed by atoms with Gasteiger partial charge in [0.05, 0.1) is 5.75 Å². The highest BCUT2D eigenvalue weighted by molar-refractivity contribution is 7.90. The van der Waals surface area contributed by atoms with Gasteiger partial charge in [-0.3, -0.25) is 4.79 Å². The zero-order valence-corrected chi connectivity index (χ0v) is 15.3. The highest BCUT2D eigenvalue weighted by atomic mass is 32.2. The Kier molecular flexibility index (Phi) is 5.19. The summed E-state index contributed by atoms with van der Waals surface area (Å²) in [4.78, 5) is 14.5. The molecule has 0 saturated heterocycles. The summed E-state index contributed by atoms with van der Waals surface area (Å²) in [6.45, 7) is 6.12. The van der Waals surface area contributed by atoms with Gasteiger partial charge in [0.25, 0.3) is 0 Å². The van der Waals surface area contributed by atoms with Gasteiger partial charge in [-0.1, -0.05) is 24.3 Å². The third-order valence-corrected chi connectivity index (χ3v) is 5.40. The van der Waals surface area contributed by atoms with Gasteiger partial charge >= 0.3 is 0 Å². The van der Waals surface area contributed by atoms with E-state index < -0.39 is 9.84 Å². The standard InChI is InChI=1S/C18H27NO3S/c1-18(2,3)19(11-12-23(4,21)22)17(20)13-15-10-9-14-7-5-6-8-16(14)15/h5-8,15H,9-13H2,1-4H3/t15-/m0/s1. The van der Waals surface area contributed by atoms with Gasteiger partial charge in [-0.15, -0.1) is 0 Å². The molecule has 1 aliphatic carbocycles. The maximum atomic E-state index is 12.8. The summed E-state index contributed by atoms with van der Waals surface area (Å²) in [5.74, 6) is 0.307. The minimum absolute atomic E-state index is 0.0112. The molecule has 0 N–H and O–H groups in total. The Hall–Kier alpha value is -1.36. The fourth-order valence-corrected chi connectivity index (χ4v) is 3.78. The molecule has 1 amide bonds. The third-order valence-electron chi connectivity index (χ3n) is 4.47. The Labute approximate surface area is 139 Å². The van der Waals surface area contributed by atoms with Crippen LogP contribution in [0.2, 0.25) is 0 Å². The number of hydrogen-bond donors (Lipinski definition) is 0. The van der Waals surface area contributed by atoms with Gasteiger partial charge in [0.15, 0.2) is 0 Å².